The molecule has 1 aromatic rings. The van der Waals surface area contributed by atoms with Gasteiger partial charge in [0.2, 0.25) is 5.91 Å². The summed E-state index contributed by atoms with van der Waals surface area (Å²) < 4.78 is 0. The topological polar surface area (TPSA) is 64.7 Å². The Morgan fingerprint density at radius 3 is 2.50 bits per heavy atom. The van der Waals surface area contributed by atoms with Gasteiger partial charge < -0.3 is 20.4 Å². The van der Waals surface area contributed by atoms with Crippen molar-refractivity contribution in [2.75, 3.05) is 38.0 Å². The molecule has 2 aliphatic heterocycles. The van der Waals surface area contributed by atoms with Crippen molar-refractivity contribution in [3.05, 3.63) is 30.3 Å². The predicted molar refractivity (Wildman–Crippen MR) is 93.8 cm³/mol. The van der Waals surface area contributed by atoms with Gasteiger partial charge in [-0.25, -0.2) is 4.79 Å². The lowest BCUT2D eigenvalue weighted by Crippen LogP contribution is -2.55. The minimum atomic E-state index is -0.0809. The lowest BCUT2D eigenvalue weighted by Gasteiger charge is -2.39. The van der Waals surface area contributed by atoms with Crippen LogP contribution < -0.4 is 10.6 Å². The standard InChI is InChI=1S/C18H26N4O2/c1-14-13-19-9-12-22(14)17(23)15-7-10-21(11-8-15)18(24)20-16-5-3-2-4-6-16/h2-6,14-15,19H,7-13H2,1H3,(H,20,24)/t14-/m0/s1. The Morgan fingerprint density at radius 1 is 1.12 bits per heavy atom. The first-order valence-electron chi connectivity index (χ1n) is 8.77. The second-order valence-electron chi connectivity index (χ2n) is 6.64. The van der Waals surface area contributed by atoms with Crippen LogP contribution >= 0.6 is 0 Å². The Morgan fingerprint density at radius 2 is 1.83 bits per heavy atom. The lowest BCUT2D eigenvalue weighted by molar-refractivity contribution is -0.139. The minimum Gasteiger partial charge on any atom is -0.337 e. The third-order valence-electron chi connectivity index (χ3n) is 4.94. The molecule has 6 nitrogen and oxygen atoms in total. The van der Waals surface area contributed by atoms with Crippen LogP contribution in [0.5, 0.6) is 0 Å². The summed E-state index contributed by atoms with van der Waals surface area (Å²) in [4.78, 5) is 28.8. The molecule has 3 rings (SSSR count). The molecule has 6 heteroatoms. The number of amides is 3. The van der Waals surface area contributed by atoms with Crippen LogP contribution in [-0.2, 0) is 4.79 Å². The van der Waals surface area contributed by atoms with Crippen molar-refractivity contribution in [2.45, 2.75) is 25.8 Å². The van der Waals surface area contributed by atoms with E-state index in [9.17, 15) is 9.59 Å². The molecule has 2 N–H and O–H groups in total. The predicted octanol–water partition coefficient (Wildman–Crippen LogP) is 1.75. The van der Waals surface area contributed by atoms with Gasteiger partial charge in [-0.2, -0.15) is 0 Å². The van der Waals surface area contributed by atoms with E-state index in [2.05, 4.69) is 17.6 Å². The van der Waals surface area contributed by atoms with Crippen LogP contribution in [-0.4, -0.2) is 60.5 Å². The number of para-hydroxylation sites is 1. The zero-order valence-electron chi connectivity index (χ0n) is 14.2. The third kappa shape index (κ3) is 3.87. The van der Waals surface area contributed by atoms with E-state index in [4.69, 9.17) is 0 Å². The number of urea groups is 1. The number of nitrogens with zero attached hydrogens (tertiary/aromatic N) is 2. The quantitative estimate of drug-likeness (QED) is 0.868. The van der Waals surface area contributed by atoms with Gasteiger partial charge in [0, 0.05) is 50.4 Å². The van der Waals surface area contributed by atoms with E-state index in [0.717, 1.165) is 38.2 Å². The number of piperidine rings is 1. The fourth-order valence-electron chi connectivity index (χ4n) is 3.46. The molecule has 0 unspecified atom stereocenters. The van der Waals surface area contributed by atoms with Crippen LogP contribution in [0.25, 0.3) is 0 Å². The molecule has 3 amide bonds. The van der Waals surface area contributed by atoms with Gasteiger partial charge in [0.05, 0.1) is 0 Å². The van der Waals surface area contributed by atoms with Crippen molar-refractivity contribution in [2.24, 2.45) is 5.92 Å². The van der Waals surface area contributed by atoms with Crippen LogP contribution in [0.1, 0.15) is 19.8 Å². The highest BCUT2D eigenvalue weighted by atomic mass is 16.2. The first-order chi connectivity index (χ1) is 11.6. The fraction of sp³-hybridized carbons (Fsp3) is 0.556. The zero-order chi connectivity index (χ0) is 16.9. The van der Waals surface area contributed by atoms with Crippen molar-refractivity contribution in [3.63, 3.8) is 0 Å². The van der Waals surface area contributed by atoms with E-state index in [0.29, 0.717) is 13.1 Å². The smallest absolute Gasteiger partial charge is 0.321 e. The normalized spacial score (nSPS) is 22.3. The van der Waals surface area contributed by atoms with Crippen LogP contribution in [0.4, 0.5) is 10.5 Å². The maximum Gasteiger partial charge on any atom is 0.321 e. The van der Waals surface area contributed by atoms with Crippen LogP contribution in [0, 0.1) is 5.92 Å². The van der Waals surface area contributed by atoms with E-state index in [1.54, 1.807) is 4.90 Å². The largest absolute Gasteiger partial charge is 0.337 e. The molecule has 0 aromatic heterocycles. The van der Waals surface area contributed by atoms with E-state index in [-0.39, 0.29) is 23.9 Å². The molecule has 130 valence electrons. The molecule has 0 saturated carbocycles. The average Bonchev–Trinajstić information content (AvgIpc) is 2.62. The molecule has 2 saturated heterocycles. The van der Waals surface area contributed by atoms with Gasteiger partial charge in [-0.15, -0.1) is 0 Å². The van der Waals surface area contributed by atoms with Gasteiger partial charge in [0.1, 0.15) is 0 Å². The summed E-state index contributed by atoms with van der Waals surface area (Å²) in [5, 5.41) is 6.22. The van der Waals surface area contributed by atoms with Crippen molar-refractivity contribution in [3.8, 4) is 0 Å². The molecule has 0 bridgehead atoms. The molecule has 2 fully saturated rings. The van der Waals surface area contributed by atoms with Gasteiger partial charge >= 0.3 is 6.03 Å². The summed E-state index contributed by atoms with van der Waals surface area (Å²) in [6.45, 7) is 5.88. The average molecular weight is 330 g/mol. The second kappa shape index (κ2) is 7.66. The highest BCUT2D eigenvalue weighted by Crippen LogP contribution is 2.22. The van der Waals surface area contributed by atoms with Gasteiger partial charge in [-0.3, -0.25) is 4.79 Å². The minimum absolute atomic E-state index is 0.0475. The number of anilines is 1. The Hall–Kier alpha value is -2.08. The fourth-order valence-corrected chi connectivity index (χ4v) is 3.46. The Balaban J connectivity index is 1.50. The van der Waals surface area contributed by atoms with E-state index >= 15 is 0 Å². The number of benzene rings is 1. The Labute approximate surface area is 143 Å². The SMILES string of the molecule is C[C@H]1CNCCN1C(=O)C1CCN(C(=O)Nc2ccccc2)CC1. The van der Waals surface area contributed by atoms with E-state index < -0.39 is 0 Å². The maximum absolute atomic E-state index is 12.7. The molecular weight excluding hydrogens is 304 g/mol. The molecule has 1 atom stereocenters. The number of nitrogens with one attached hydrogen (secondary N) is 2. The van der Waals surface area contributed by atoms with Gasteiger partial charge in [-0.1, -0.05) is 18.2 Å². The van der Waals surface area contributed by atoms with Crippen molar-refractivity contribution in [1.29, 1.82) is 0 Å². The summed E-state index contributed by atoms with van der Waals surface area (Å²) in [6.07, 6.45) is 1.50. The van der Waals surface area contributed by atoms with E-state index in [1.807, 2.05) is 35.2 Å². The first-order valence-corrected chi connectivity index (χ1v) is 8.77. The highest BCUT2D eigenvalue weighted by molar-refractivity contribution is 5.89. The molecule has 24 heavy (non-hydrogen) atoms. The van der Waals surface area contributed by atoms with Crippen molar-refractivity contribution >= 4 is 17.6 Å². The first kappa shape index (κ1) is 16.8. The molecule has 2 aliphatic rings. The lowest BCUT2D eigenvalue weighted by atomic mass is 9.94. The van der Waals surface area contributed by atoms with Gasteiger partial charge in [0.25, 0.3) is 0 Å². The number of carbonyl (C=O) groups excluding carboxylic acids is 2. The summed E-state index contributed by atoms with van der Waals surface area (Å²) in [6, 6.07) is 9.64. The third-order valence-corrected chi connectivity index (χ3v) is 4.94. The summed E-state index contributed by atoms with van der Waals surface area (Å²) >= 11 is 0. The maximum atomic E-state index is 12.7. The van der Waals surface area contributed by atoms with E-state index in [1.165, 1.54) is 0 Å². The number of rotatable bonds is 2. The van der Waals surface area contributed by atoms with Crippen LogP contribution in [0.2, 0.25) is 0 Å². The molecule has 2 heterocycles. The van der Waals surface area contributed by atoms with Crippen molar-refractivity contribution in [1.82, 2.24) is 15.1 Å². The molecule has 0 spiro atoms. The van der Waals surface area contributed by atoms with Crippen LogP contribution in [0.15, 0.2) is 30.3 Å². The Kier molecular flexibility index (Phi) is 5.35. The van der Waals surface area contributed by atoms with Gasteiger partial charge in [-0.05, 0) is 31.9 Å². The second-order valence-corrected chi connectivity index (χ2v) is 6.64. The number of piperazine rings is 1. The highest BCUT2D eigenvalue weighted by Gasteiger charge is 2.32. The Bertz CT molecular complexity index is 570. The molecule has 0 radical (unpaired) electrons. The van der Waals surface area contributed by atoms with Crippen molar-refractivity contribution < 1.29 is 9.59 Å². The summed E-state index contributed by atoms with van der Waals surface area (Å²) in [5.41, 5.74) is 0.801. The van der Waals surface area contributed by atoms with Crippen LogP contribution in [0.3, 0.4) is 0 Å². The number of carbonyl (C=O) groups is 2. The zero-order valence-corrected chi connectivity index (χ0v) is 14.2. The number of likely N-dealkylation sites (tertiary alicyclic amines) is 1. The summed E-state index contributed by atoms with van der Waals surface area (Å²) in [5.74, 6) is 0.304. The summed E-state index contributed by atoms with van der Waals surface area (Å²) in [7, 11) is 0. The molecule has 1 aromatic carbocycles. The molecular formula is C18H26N4O2. The monoisotopic (exact) mass is 330 g/mol. The number of hydrogen-bond acceptors (Lipinski definition) is 3. The van der Waals surface area contributed by atoms with Gasteiger partial charge in [0.15, 0.2) is 0 Å². The number of hydrogen-bond donors (Lipinski definition) is 2. The molecule has 0 aliphatic carbocycles.